The van der Waals surface area contributed by atoms with Gasteiger partial charge in [0, 0.05) is 37.7 Å². The number of hydrogen-bond donors (Lipinski definition) is 2. The molecule has 0 saturated heterocycles. The van der Waals surface area contributed by atoms with Gasteiger partial charge in [-0.1, -0.05) is 62.9 Å². The van der Waals surface area contributed by atoms with Crippen molar-refractivity contribution in [3.8, 4) is 6.19 Å². The number of pyridine rings is 1. The number of benzene rings is 1. The summed E-state index contributed by atoms with van der Waals surface area (Å²) in [5, 5.41) is 16.6. The Hall–Kier alpha value is -2.95. The van der Waals surface area contributed by atoms with E-state index in [0.29, 0.717) is 19.1 Å². The molecule has 1 aromatic carbocycles. The number of anilines is 1. The van der Waals surface area contributed by atoms with Gasteiger partial charge in [0.15, 0.2) is 6.19 Å². The number of hydroxylamine groups is 2. The van der Waals surface area contributed by atoms with E-state index >= 15 is 0 Å². The van der Waals surface area contributed by atoms with Crippen molar-refractivity contribution < 1.29 is 4.84 Å². The first kappa shape index (κ1) is 24.3. The second kappa shape index (κ2) is 15.8. The van der Waals surface area contributed by atoms with Crippen LogP contribution in [0.15, 0.2) is 59.9 Å². The summed E-state index contributed by atoms with van der Waals surface area (Å²) in [5.41, 5.74) is 2.05. The van der Waals surface area contributed by atoms with E-state index in [4.69, 9.17) is 10.1 Å². The number of nitriles is 1. The van der Waals surface area contributed by atoms with Crippen LogP contribution in [-0.4, -0.2) is 35.6 Å². The van der Waals surface area contributed by atoms with Crippen molar-refractivity contribution in [1.82, 2.24) is 15.4 Å². The fourth-order valence-electron chi connectivity index (χ4n) is 3.09. The molecule has 0 unspecified atom stereocenters. The number of aromatic nitrogens is 1. The average Bonchev–Trinajstić information content (AvgIpc) is 2.81. The SMILES string of the molecule is CCN(CCCCCCCCN=C(NC#N)Nc1ccncc1)OCc1ccccc1. The number of nitrogens with one attached hydrogen (secondary N) is 2. The molecule has 2 aromatic rings. The Labute approximate surface area is 186 Å². The summed E-state index contributed by atoms with van der Waals surface area (Å²) < 4.78 is 0. The lowest BCUT2D eigenvalue weighted by molar-refractivity contribution is -0.167. The smallest absolute Gasteiger partial charge is 0.209 e. The van der Waals surface area contributed by atoms with Gasteiger partial charge in [0.25, 0.3) is 0 Å². The highest BCUT2D eigenvalue weighted by Crippen LogP contribution is 2.09. The molecule has 7 nitrogen and oxygen atoms in total. The lowest BCUT2D eigenvalue weighted by Gasteiger charge is -2.20. The standard InChI is InChI=1S/C24H34N6O/c1-2-30(31-20-22-12-8-7-9-13-22)19-11-6-4-3-5-10-16-27-24(28-21-25)29-23-14-17-26-18-15-23/h7-9,12-15,17-18H,2-6,10-11,16,19-20H2,1H3,(H2,26,27,28,29). The molecule has 1 heterocycles. The number of hydrogen-bond acceptors (Lipinski definition) is 5. The molecular weight excluding hydrogens is 388 g/mol. The molecule has 0 radical (unpaired) electrons. The Morgan fingerprint density at radius 1 is 1.03 bits per heavy atom. The Kier molecular flexibility index (Phi) is 12.4. The molecule has 0 fully saturated rings. The van der Waals surface area contributed by atoms with Gasteiger partial charge in [0.2, 0.25) is 5.96 Å². The zero-order chi connectivity index (χ0) is 22.0. The van der Waals surface area contributed by atoms with E-state index in [-0.39, 0.29) is 0 Å². The molecule has 2 rings (SSSR count). The topological polar surface area (TPSA) is 85.6 Å². The number of aliphatic imine (C=N–C) groups is 1. The highest BCUT2D eigenvalue weighted by Gasteiger charge is 2.03. The third-order valence-corrected chi connectivity index (χ3v) is 4.81. The largest absolute Gasteiger partial charge is 0.325 e. The third-order valence-electron chi connectivity index (χ3n) is 4.81. The molecular formula is C24H34N6O. The van der Waals surface area contributed by atoms with Crippen molar-refractivity contribution in [2.75, 3.05) is 25.0 Å². The van der Waals surface area contributed by atoms with Crippen molar-refractivity contribution in [2.45, 2.75) is 52.1 Å². The molecule has 0 aliphatic heterocycles. The summed E-state index contributed by atoms with van der Waals surface area (Å²) in [6.07, 6.45) is 12.2. The molecule has 7 heteroatoms. The number of rotatable bonds is 14. The minimum atomic E-state index is 0.476. The Bertz CT molecular complexity index is 776. The maximum atomic E-state index is 8.88. The number of unbranched alkanes of at least 4 members (excludes halogenated alkanes) is 5. The average molecular weight is 423 g/mol. The van der Waals surface area contributed by atoms with Crippen molar-refractivity contribution in [3.63, 3.8) is 0 Å². The summed E-state index contributed by atoms with van der Waals surface area (Å²) >= 11 is 0. The molecule has 0 spiro atoms. The lowest BCUT2D eigenvalue weighted by atomic mass is 10.1. The van der Waals surface area contributed by atoms with E-state index in [2.05, 4.69) is 44.7 Å². The van der Waals surface area contributed by atoms with Crippen LogP contribution in [0.25, 0.3) is 0 Å². The third kappa shape index (κ3) is 11.1. The van der Waals surface area contributed by atoms with Gasteiger partial charge in [-0.2, -0.15) is 10.3 Å². The van der Waals surface area contributed by atoms with E-state index in [0.717, 1.165) is 38.0 Å². The predicted octanol–water partition coefficient (Wildman–Crippen LogP) is 4.71. The van der Waals surface area contributed by atoms with Gasteiger partial charge in [0.05, 0.1) is 6.61 Å². The summed E-state index contributed by atoms with van der Waals surface area (Å²) in [5.74, 6) is 0.476. The van der Waals surface area contributed by atoms with E-state index in [1.807, 2.05) is 36.5 Å². The van der Waals surface area contributed by atoms with Crippen LogP contribution >= 0.6 is 0 Å². The molecule has 0 saturated carbocycles. The fraction of sp³-hybridized carbons (Fsp3) is 0.458. The van der Waals surface area contributed by atoms with Crippen LogP contribution in [0.3, 0.4) is 0 Å². The predicted molar refractivity (Wildman–Crippen MR) is 125 cm³/mol. The number of nitrogens with zero attached hydrogens (tertiary/aromatic N) is 4. The van der Waals surface area contributed by atoms with E-state index in [1.165, 1.54) is 24.8 Å². The fourth-order valence-corrected chi connectivity index (χ4v) is 3.09. The molecule has 0 aliphatic carbocycles. The summed E-state index contributed by atoms with van der Waals surface area (Å²) in [7, 11) is 0. The van der Waals surface area contributed by atoms with E-state index in [9.17, 15) is 0 Å². The molecule has 31 heavy (non-hydrogen) atoms. The highest BCUT2D eigenvalue weighted by molar-refractivity contribution is 5.94. The van der Waals surface area contributed by atoms with Crippen molar-refractivity contribution in [3.05, 3.63) is 60.4 Å². The molecule has 2 N–H and O–H groups in total. The van der Waals surface area contributed by atoms with Crippen LogP contribution in [-0.2, 0) is 11.4 Å². The van der Waals surface area contributed by atoms with Gasteiger partial charge < -0.3 is 5.32 Å². The van der Waals surface area contributed by atoms with Gasteiger partial charge in [-0.25, -0.2) is 0 Å². The Balaban J connectivity index is 1.52. The first-order valence-corrected chi connectivity index (χ1v) is 11.1. The van der Waals surface area contributed by atoms with Crippen LogP contribution in [0.1, 0.15) is 51.0 Å². The molecule has 0 atom stereocenters. The van der Waals surface area contributed by atoms with Gasteiger partial charge in [0.1, 0.15) is 0 Å². The highest BCUT2D eigenvalue weighted by atomic mass is 16.7. The van der Waals surface area contributed by atoms with Crippen molar-refractivity contribution in [1.29, 1.82) is 5.26 Å². The van der Waals surface area contributed by atoms with Gasteiger partial charge in [-0.05, 0) is 30.5 Å². The summed E-state index contributed by atoms with van der Waals surface area (Å²) in [4.78, 5) is 14.3. The first-order valence-electron chi connectivity index (χ1n) is 11.1. The lowest BCUT2D eigenvalue weighted by Crippen LogP contribution is -2.27. The molecule has 0 bridgehead atoms. The summed E-state index contributed by atoms with van der Waals surface area (Å²) in [6, 6.07) is 14.0. The molecule has 166 valence electrons. The van der Waals surface area contributed by atoms with E-state index in [1.54, 1.807) is 12.4 Å². The number of guanidine groups is 1. The minimum Gasteiger partial charge on any atom is -0.325 e. The van der Waals surface area contributed by atoms with Crippen molar-refractivity contribution >= 4 is 11.6 Å². The normalized spacial score (nSPS) is 11.3. The van der Waals surface area contributed by atoms with E-state index < -0.39 is 0 Å². The van der Waals surface area contributed by atoms with Crippen LogP contribution < -0.4 is 10.6 Å². The van der Waals surface area contributed by atoms with Crippen LogP contribution in [0, 0.1) is 11.5 Å². The van der Waals surface area contributed by atoms with Gasteiger partial charge in [-0.15, -0.1) is 0 Å². The minimum absolute atomic E-state index is 0.476. The molecule has 0 amide bonds. The quantitative estimate of drug-likeness (QED) is 0.114. The monoisotopic (exact) mass is 422 g/mol. The first-order chi connectivity index (χ1) is 15.3. The zero-order valence-electron chi connectivity index (χ0n) is 18.5. The zero-order valence-corrected chi connectivity index (χ0v) is 18.5. The Morgan fingerprint density at radius 3 is 2.45 bits per heavy atom. The van der Waals surface area contributed by atoms with Crippen molar-refractivity contribution in [2.24, 2.45) is 4.99 Å². The molecule has 1 aromatic heterocycles. The van der Waals surface area contributed by atoms with Gasteiger partial charge >= 0.3 is 0 Å². The second-order valence-corrected chi connectivity index (χ2v) is 7.23. The van der Waals surface area contributed by atoms with Gasteiger partial charge in [-0.3, -0.25) is 20.1 Å². The molecule has 0 aliphatic rings. The maximum absolute atomic E-state index is 8.88. The maximum Gasteiger partial charge on any atom is 0.209 e. The van der Waals surface area contributed by atoms with Crippen LogP contribution in [0.4, 0.5) is 5.69 Å². The Morgan fingerprint density at radius 2 is 1.74 bits per heavy atom. The van der Waals surface area contributed by atoms with Crippen LogP contribution in [0.2, 0.25) is 0 Å². The second-order valence-electron chi connectivity index (χ2n) is 7.23. The van der Waals surface area contributed by atoms with Crippen LogP contribution in [0.5, 0.6) is 0 Å². The summed E-state index contributed by atoms with van der Waals surface area (Å²) in [6.45, 7) is 5.33.